The van der Waals surface area contributed by atoms with E-state index in [2.05, 4.69) is 43.8 Å². The number of carbonyl (C=O) groups excluding carboxylic acids is 1. The lowest BCUT2D eigenvalue weighted by molar-refractivity contribution is 0.0941. The predicted molar refractivity (Wildman–Crippen MR) is 86.8 cm³/mol. The number of hydrogen-bond donors (Lipinski definition) is 2. The fraction of sp³-hybridized carbons (Fsp3) is 0.389. The number of amides is 1. The van der Waals surface area contributed by atoms with Crippen molar-refractivity contribution in [3.05, 3.63) is 59.3 Å². The lowest BCUT2D eigenvalue weighted by Crippen LogP contribution is -2.33. The first kappa shape index (κ1) is 15.4. The standard InChI is InChI=1S/C18H24N2O/c1-18(2,3)16-11-9-15(10-12-16)17(21)20-19-13-14-7-5-4-6-8-14/h4-5,9-13,19H,6-8H2,1-3H3,(H,20,21)/b14-13+. The van der Waals surface area contributed by atoms with Crippen molar-refractivity contribution in [3.63, 3.8) is 0 Å². The Morgan fingerprint density at radius 2 is 1.86 bits per heavy atom. The van der Waals surface area contributed by atoms with E-state index >= 15 is 0 Å². The summed E-state index contributed by atoms with van der Waals surface area (Å²) in [4.78, 5) is 12.0. The molecule has 0 radical (unpaired) electrons. The van der Waals surface area contributed by atoms with Crippen molar-refractivity contribution in [2.75, 3.05) is 0 Å². The number of rotatable bonds is 3. The number of nitrogens with one attached hydrogen (secondary N) is 2. The topological polar surface area (TPSA) is 41.1 Å². The van der Waals surface area contributed by atoms with Crippen molar-refractivity contribution in [2.45, 2.75) is 45.4 Å². The van der Waals surface area contributed by atoms with Crippen molar-refractivity contribution < 1.29 is 4.79 Å². The summed E-state index contributed by atoms with van der Waals surface area (Å²) in [5.41, 5.74) is 8.92. The van der Waals surface area contributed by atoms with Crippen LogP contribution >= 0.6 is 0 Å². The highest BCUT2D eigenvalue weighted by atomic mass is 16.2. The monoisotopic (exact) mass is 284 g/mol. The summed E-state index contributed by atoms with van der Waals surface area (Å²) in [5, 5.41) is 0. The third-order valence-electron chi connectivity index (χ3n) is 3.65. The molecule has 0 unspecified atom stereocenters. The number of allylic oxidation sites excluding steroid dienone is 3. The van der Waals surface area contributed by atoms with Crippen LogP contribution in [-0.2, 0) is 5.41 Å². The summed E-state index contributed by atoms with van der Waals surface area (Å²) >= 11 is 0. The summed E-state index contributed by atoms with van der Waals surface area (Å²) in [5.74, 6) is -0.112. The molecule has 0 aromatic heterocycles. The Hall–Kier alpha value is -2.03. The van der Waals surface area contributed by atoms with Gasteiger partial charge in [-0.3, -0.25) is 10.2 Å². The zero-order valence-corrected chi connectivity index (χ0v) is 13.1. The van der Waals surface area contributed by atoms with Crippen LogP contribution in [0.2, 0.25) is 0 Å². The predicted octanol–water partition coefficient (Wildman–Crippen LogP) is 3.84. The molecule has 2 rings (SSSR count). The Balaban J connectivity index is 1.90. The van der Waals surface area contributed by atoms with Gasteiger partial charge in [0.15, 0.2) is 0 Å². The van der Waals surface area contributed by atoms with Crippen molar-refractivity contribution in [1.82, 2.24) is 10.9 Å². The van der Waals surface area contributed by atoms with E-state index in [0.29, 0.717) is 5.56 Å². The maximum Gasteiger partial charge on any atom is 0.269 e. The van der Waals surface area contributed by atoms with Gasteiger partial charge >= 0.3 is 0 Å². The molecule has 0 spiro atoms. The van der Waals surface area contributed by atoms with Crippen LogP contribution in [0.5, 0.6) is 0 Å². The third kappa shape index (κ3) is 4.48. The van der Waals surface area contributed by atoms with Crippen LogP contribution in [0, 0.1) is 0 Å². The molecule has 0 bridgehead atoms. The van der Waals surface area contributed by atoms with Crippen molar-refractivity contribution in [3.8, 4) is 0 Å². The van der Waals surface area contributed by atoms with E-state index in [0.717, 1.165) is 19.3 Å². The minimum Gasteiger partial charge on any atom is -0.306 e. The summed E-state index contributed by atoms with van der Waals surface area (Å²) < 4.78 is 0. The average Bonchev–Trinajstić information content (AvgIpc) is 2.47. The van der Waals surface area contributed by atoms with E-state index in [1.165, 1.54) is 11.1 Å². The second-order valence-electron chi connectivity index (χ2n) is 6.44. The first-order valence-corrected chi connectivity index (χ1v) is 7.46. The number of hydrazine groups is 1. The van der Waals surface area contributed by atoms with Crippen LogP contribution in [0.4, 0.5) is 0 Å². The lowest BCUT2D eigenvalue weighted by atomic mass is 9.87. The van der Waals surface area contributed by atoms with Crippen LogP contribution in [0.15, 0.2) is 48.2 Å². The number of hydrogen-bond acceptors (Lipinski definition) is 2. The normalized spacial score (nSPS) is 16.8. The molecule has 0 aliphatic heterocycles. The Labute approximate surface area is 127 Å². The van der Waals surface area contributed by atoms with Crippen molar-refractivity contribution in [2.24, 2.45) is 0 Å². The molecule has 1 aromatic carbocycles. The van der Waals surface area contributed by atoms with Gasteiger partial charge in [0.2, 0.25) is 0 Å². The molecular formula is C18H24N2O. The highest BCUT2D eigenvalue weighted by Gasteiger charge is 2.14. The highest BCUT2D eigenvalue weighted by molar-refractivity contribution is 5.93. The van der Waals surface area contributed by atoms with Gasteiger partial charge in [0.1, 0.15) is 0 Å². The first-order chi connectivity index (χ1) is 9.97. The maximum absolute atomic E-state index is 12.0. The second kappa shape index (κ2) is 6.61. The highest BCUT2D eigenvalue weighted by Crippen LogP contribution is 2.22. The van der Waals surface area contributed by atoms with E-state index < -0.39 is 0 Å². The van der Waals surface area contributed by atoms with Crippen LogP contribution < -0.4 is 10.9 Å². The summed E-state index contributed by atoms with van der Waals surface area (Å²) in [6, 6.07) is 7.76. The Bertz CT molecular complexity index is 548. The fourth-order valence-electron chi connectivity index (χ4n) is 2.25. The van der Waals surface area contributed by atoms with E-state index in [1.807, 2.05) is 30.5 Å². The SMILES string of the molecule is CC(C)(C)c1ccc(C(=O)NN/C=C2\CC=CCC2)cc1. The van der Waals surface area contributed by atoms with Gasteiger partial charge in [0, 0.05) is 11.8 Å². The molecule has 112 valence electrons. The molecular weight excluding hydrogens is 260 g/mol. The number of benzene rings is 1. The van der Waals surface area contributed by atoms with Gasteiger partial charge in [0.05, 0.1) is 0 Å². The molecule has 0 heterocycles. The van der Waals surface area contributed by atoms with Gasteiger partial charge in [-0.1, -0.05) is 45.1 Å². The number of carbonyl (C=O) groups is 1. The van der Waals surface area contributed by atoms with E-state index in [-0.39, 0.29) is 11.3 Å². The zero-order valence-electron chi connectivity index (χ0n) is 13.1. The zero-order chi connectivity index (χ0) is 15.3. The molecule has 0 saturated heterocycles. The second-order valence-corrected chi connectivity index (χ2v) is 6.44. The van der Waals surface area contributed by atoms with Crippen LogP contribution in [-0.4, -0.2) is 5.91 Å². The lowest BCUT2D eigenvalue weighted by Gasteiger charge is -2.19. The molecule has 2 N–H and O–H groups in total. The smallest absolute Gasteiger partial charge is 0.269 e. The van der Waals surface area contributed by atoms with E-state index in [9.17, 15) is 4.79 Å². The van der Waals surface area contributed by atoms with Gasteiger partial charge in [-0.15, -0.1) is 0 Å². The molecule has 1 aromatic rings. The molecule has 0 saturated carbocycles. The van der Waals surface area contributed by atoms with Gasteiger partial charge in [-0.2, -0.15) is 0 Å². The maximum atomic E-state index is 12.0. The fourth-order valence-corrected chi connectivity index (χ4v) is 2.25. The third-order valence-corrected chi connectivity index (χ3v) is 3.65. The van der Waals surface area contributed by atoms with Gasteiger partial charge in [-0.25, -0.2) is 0 Å². The first-order valence-electron chi connectivity index (χ1n) is 7.46. The largest absolute Gasteiger partial charge is 0.306 e. The summed E-state index contributed by atoms with van der Waals surface area (Å²) in [7, 11) is 0. The molecule has 21 heavy (non-hydrogen) atoms. The minimum atomic E-state index is -0.112. The summed E-state index contributed by atoms with van der Waals surface area (Å²) in [6.45, 7) is 6.48. The van der Waals surface area contributed by atoms with Gasteiger partial charge in [-0.05, 0) is 47.9 Å². The van der Waals surface area contributed by atoms with E-state index in [4.69, 9.17) is 0 Å². The molecule has 0 fully saturated rings. The molecule has 0 atom stereocenters. The summed E-state index contributed by atoms with van der Waals surface area (Å²) in [6.07, 6.45) is 9.33. The average molecular weight is 284 g/mol. The Morgan fingerprint density at radius 3 is 2.43 bits per heavy atom. The van der Waals surface area contributed by atoms with E-state index in [1.54, 1.807) is 0 Å². The molecule has 3 heteroatoms. The van der Waals surface area contributed by atoms with Crippen LogP contribution in [0.25, 0.3) is 0 Å². The Kier molecular flexibility index (Phi) is 4.84. The van der Waals surface area contributed by atoms with Gasteiger partial charge < -0.3 is 5.43 Å². The van der Waals surface area contributed by atoms with Crippen molar-refractivity contribution >= 4 is 5.91 Å². The van der Waals surface area contributed by atoms with Crippen LogP contribution in [0.1, 0.15) is 56.0 Å². The quantitative estimate of drug-likeness (QED) is 0.654. The molecule has 1 aliphatic rings. The van der Waals surface area contributed by atoms with Crippen LogP contribution in [0.3, 0.4) is 0 Å². The minimum absolute atomic E-state index is 0.103. The molecule has 1 aliphatic carbocycles. The van der Waals surface area contributed by atoms with Crippen molar-refractivity contribution in [1.29, 1.82) is 0 Å². The molecule has 3 nitrogen and oxygen atoms in total. The Morgan fingerprint density at radius 1 is 1.14 bits per heavy atom. The van der Waals surface area contributed by atoms with Gasteiger partial charge in [0.25, 0.3) is 5.91 Å². The molecule has 1 amide bonds.